The van der Waals surface area contributed by atoms with Crippen molar-refractivity contribution in [1.29, 1.82) is 0 Å². The molecular weight excluding hydrogens is 445 g/mol. The van der Waals surface area contributed by atoms with E-state index in [-0.39, 0.29) is 23.5 Å². The van der Waals surface area contributed by atoms with Crippen LogP contribution in [0.3, 0.4) is 0 Å². The molecule has 1 N–H and O–H groups in total. The molecule has 0 fully saturated rings. The summed E-state index contributed by atoms with van der Waals surface area (Å²) in [5, 5.41) is 9.23. The molecule has 3 aromatic rings. The van der Waals surface area contributed by atoms with Gasteiger partial charge in [0.25, 0.3) is 0 Å². The first kappa shape index (κ1) is 22.6. The molecule has 0 atom stereocenters. The number of ether oxygens (including phenoxy) is 2. The molecule has 1 aliphatic heterocycles. The zero-order chi connectivity index (χ0) is 23.8. The van der Waals surface area contributed by atoms with Crippen LogP contribution in [-0.4, -0.2) is 41.0 Å². The van der Waals surface area contributed by atoms with E-state index in [1.165, 1.54) is 25.4 Å². The van der Waals surface area contributed by atoms with Crippen molar-refractivity contribution in [3.05, 3.63) is 57.8 Å². The number of aryl methyl sites for hydroxylation is 2. The van der Waals surface area contributed by atoms with Gasteiger partial charge in [-0.15, -0.1) is 0 Å². The lowest BCUT2D eigenvalue weighted by Gasteiger charge is -2.24. The molecule has 4 rings (SSSR count). The van der Waals surface area contributed by atoms with Crippen molar-refractivity contribution < 1.29 is 37.0 Å². The highest BCUT2D eigenvalue weighted by molar-refractivity contribution is 5.88. The summed E-state index contributed by atoms with van der Waals surface area (Å²) in [5.74, 6) is -1.67. The molecule has 11 heteroatoms. The topological polar surface area (TPSA) is 104 Å². The van der Waals surface area contributed by atoms with Crippen LogP contribution in [0.2, 0.25) is 0 Å². The Morgan fingerprint density at radius 3 is 2.73 bits per heavy atom. The lowest BCUT2D eigenvalue weighted by molar-refractivity contribution is -0.140. The van der Waals surface area contributed by atoms with Crippen molar-refractivity contribution >= 4 is 5.97 Å². The van der Waals surface area contributed by atoms with Crippen molar-refractivity contribution in [1.82, 2.24) is 9.55 Å². The maximum absolute atomic E-state index is 13.5. The fourth-order valence-corrected chi connectivity index (χ4v) is 3.78. The Hall–Kier alpha value is -3.60. The van der Waals surface area contributed by atoms with Gasteiger partial charge >= 0.3 is 12.1 Å². The number of rotatable bonds is 7. The van der Waals surface area contributed by atoms with E-state index >= 15 is 0 Å². The van der Waals surface area contributed by atoms with Crippen molar-refractivity contribution in [3.63, 3.8) is 0 Å². The Balaban J connectivity index is 1.87. The van der Waals surface area contributed by atoms with Crippen molar-refractivity contribution in [2.45, 2.75) is 25.6 Å². The first-order chi connectivity index (χ1) is 15.7. The number of aromatic nitrogens is 2. The smallest absolute Gasteiger partial charge is 0.437 e. The number of hydrogen-bond acceptors (Lipinski definition) is 6. The van der Waals surface area contributed by atoms with Crippen LogP contribution in [-0.2, 0) is 23.9 Å². The number of alkyl halides is 3. The van der Waals surface area contributed by atoms with Gasteiger partial charge in [0.15, 0.2) is 23.3 Å². The van der Waals surface area contributed by atoms with Crippen LogP contribution < -0.4 is 10.2 Å². The minimum Gasteiger partial charge on any atom is -0.493 e. The van der Waals surface area contributed by atoms with Gasteiger partial charge in [-0.25, -0.2) is 9.78 Å². The third-order valence-corrected chi connectivity index (χ3v) is 5.29. The minimum atomic E-state index is -4.75. The number of carboxylic acid groups (broad SMARTS) is 1. The molecule has 1 aromatic carbocycles. The van der Waals surface area contributed by atoms with E-state index in [2.05, 4.69) is 4.98 Å². The van der Waals surface area contributed by atoms with Gasteiger partial charge in [-0.2, -0.15) is 13.2 Å². The van der Waals surface area contributed by atoms with Crippen LogP contribution in [0, 0.1) is 0 Å². The number of methoxy groups -OCH3 is 1. The molecule has 0 aliphatic carbocycles. The average molecular weight is 464 g/mol. The largest absolute Gasteiger partial charge is 0.493 e. The maximum atomic E-state index is 13.5. The van der Waals surface area contributed by atoms with Crippen LogP contribution in [0.1, 0.15) is 28.0 Å². The minimum absolute atomic E-state index is 0.0270. The number of hydrogen-bond donors (Lipinski definition) is 1. The molecule has 0 unspecified atom stereocenters. The summed E-state index contributed by atoms with van der Waals surface area (Å²) >= 11 is 0. The number of pyridine rings is 1. The molecule has 0 amide bonds. The van der Waals surface area contributed by atoms with Crippen LogP contribution >= 0.6 is 0 Å². The van der Waals surface area contributed by atoms with Gasteiger partial charge in [-0.05, 0) is 24.1 Å². The summed E-state index contributed by atoms with van der Waals surface area (Å²) in [5.41, 5.74) is -0.617. The van der Waals surface area contributed by atoms with Crippen LogP contribution in [0.25, 0.3) is 22.6 Å². The second-order valence-electron chi connectivity index (χ2n) is 7.41. The molecule has 0 radical (unpaired) electrons. The fourth-order valence-electron chi connectivity index (χ4n) is 3.78. The number of benzene rings is 1. The number of aromatic carboxylic acids is 1. The summed E-state index contributed by atoms with van der Waals surface area (Å²) in [7, 11) is 1.53. The average Bonchev–Trinajstić information content (AvgIpc) is 3.26. The Morgan fingerprint density at radius 2 is 2.03 bits per heavy atom. The van der Waals surface area contributed by atoms with E-state index in [1.807, 2.05) is 0 Å². The molecule has 33 heavy (non-hydrogen) atoms. The molecular formula is C22H19F3N2O6. The van der Waals surface area contributed by atoms with Gasteiger partial charge in [-0.1, -0.05) is 0 Å². The van der Waals surface area contributed by atoms with E-state index in [9.17, 15) is 27.9 Å². The number of oxazole rings is 1. The van der Waals surface area contributed by atoms with E-state index < -0.39 is 29.0 Å². The molecule has 0 spiro atoms. The third-order valence-electron chi connectivity index (χ3n) is 5.29. The lowest BCUT2D eigenvalue weighted by Crippen LogP contribution is -2.22. The quantitative estimate of drug-likeness (QED) is 0.530. The number of carboxylic acids is 1. The molecule has 0 bridgehead atoms. The van der Waals surface area contributed by atoms with Crippen molar-refractivity contribution in [3.8, 4) is 28.3 Å². The number of nitrogens with zero attached hydrogens (tertiary/aromatic N) is 2. The predicted molar refractivity (Wildman–Crippen MR) is 109 cm³/mol. The first-order valence-corrected chi connectivity index (χ1v) is 9.98. The normalized spacial score (nSPS) is 12.8. The lowest BCUT2D eigenvalue weighted by atomic mass is 9.93. The van der Waals surface area contributed by atoms with Crippen LogP contribution in [0.5, 0.6) is 5.75 Å². The Bertz CT molecular complexity index is 1260. The van der Waals surface area contributed by atoms with Gasteiger partial charge in [0.05, 0.1) is 17.9 Å². The zero-order valence-corrected chi connectivity index (χ0v) is 17.4. The van der Waals surface area contributed by atoms with Gasteiger partial charge < -0.3 is 23.6 Å². The van der Waals surface area contributed by atoms with Crippen molar-refractivity contribution in [2.24, 2.45) is 0 Å². The van der Waals surface area contributed by atoms with Gasteiger partial charge in [0.1, 0.15) is 11.3 Å². The zero-order valence-electron chi connectivity index (χ0n) is 17.4. The summed E-state index contributed by atoms with van der Waals surface area (Å²) < 4.78 is 58.0. The highest BCUT2D eigenvalue weighted by atomic mass is 19.4. The molecule has 3 heterocycles. The van der Waals surface area contributed by atoms with Gasteiger partial charge in [-0.3, -0.25) is 4.79 Å². The highest BCUT2D eigenvalue weighted by Crippen LogP contribution is 2.43. The summed E-state index contributed by atoms with van der Waals surface area (Å²) in [4.78, 5) is 27.0. The second kappa shape index (κ2) is 8.74. The Kier molecular flexibility index (Phi) is 5.98. The molecule has 174 valence electrons. The first-order valence-electron chi connectivity index (χ1n) is 9.98. The predicted octanol–water partition coefficient (Wildman–Crippen LogP) is 3.86. The Labute approximate surface area is 185 Å². The van der Waals surface area contributed by atoms with Gasteiger partial charge in [0.2, 0.25) is 0 Å². The van der Waals surface area contributed by atoms with Gasteiger partial charge in [0, 0.05) is 44.5 Å². The molecule has 0 saturated heterocycles. The maximum Gasteiger partial charge on any atom is 0.437 e. The van der Waals surface area contributed by atoms with Crippen LogP contribution in [0.15, 0.2) is 40.0 Å². The highest BCUT2D eigenvalue weighted by Gasteiger charge is 2.39. The molecule has 0 saturated carbocycles. The summed E-state index contributed by atoms with van der Waals surface area (Å²) in [6.45, 7) is 1.01. The number of carbonyl (C=O) groups is 1. The van der Waals surface area contributed by atoms with E-state index in [0.29, 0.717) is 43.6 Å². The fraction of sp³-hybridized carbons (Fsp3) is 0.318. The monoisotopic (exact) mass is 464 g/mol. The molecule has 8 nitrogen and oxygen atoms in total. The van der Waals surface area contributed by atoms with E-state index in [0.717, 1.165) is 5.56 Å². The molecule has 1 aliphatic rings. The standard InChI is InChI=1S/C22H19F3N2O6/c1-31-5-2-6-32-18-7-12-3-4-27-10-15(21(29)30)17(28)9-16(27)13(12)8-14(18)19-20(22(23,24)25)26-11-33-19/h7-11H,2-6H2,1H3,(H,29,30). The summed E-state index contributed by atoms with van der Waals surface area (Å²) in [6, 6.07) is 4.26. The Morgan fingerprint density at radius 1 is 1.24 bits per heavy atom. The van der Waals surface area contributed by atoms with Crippen LogP contribution in [0.4, 0.5) is 13.2 Å². The summed E-state index contributed by atoms with van der Waals surface area (Å²) in [6.07, 6.45) is -1.82. The SMILES string of the molecule is COCCCOc1cc2c(cc1-c1ocnc1C(F)(F)F)-c1cc(=O)c(C(=O)O)cn1CC2. The second-order valence-corrected chi connectivity index (χ2v) is 7.41. The molecule has 2 aromatic heterocycles. The van der Waals surface area contributed by atoms with Crippen molar-refractivity contribution in [2.75, 3.05) is 20.3 Å². The third kappa shape index (κ3) is 4.36. The van der Waals surface area contributed by atoms with E-state index in [1.54, 1.807) is 10.6 Å². The number of halogens is 3. The van der Waals surface area contributed by atoms with E-state index in [4.69, 9.17) is 13.9 Å². The number of fused-ring (bicyclic) bond motifs is 3.